The highest BCUT2D eigenvalue weighted by Crippen LogP contribution is 2.26. The first-order valence-electron chi connectivity index (χ1n) is 11.4. The number of carboxylic acids is 1. The van der Waals surface area contributed by atoms with Crippen LogP contribution in [0.15, 0.2) is 48.5 Å². The minimum absolute atomic E-state index is 0.0311. The van der Waals surface area contributed by atoms with E-state index in [0.717, 1.165) is 38.8 Å². The van der Waals surface area contributed by atoms with Crippen LogP contribution in [-0.2, 0) is 0 Å². The molecule has 0 radical (unpaired) electrons. The number of ketones is 1. The van der Waals surface area contributed by atoms with Crippen LogP contribution in [0, 0.1) is 0 Å². The van der Waals surface area contributed by atoms with Crippen molar-refractivity contribution in [1.29, 1.82) is 0 Å². The van der Waals surface area contributed by atoms with E-state index < -0.39 is 5.97 Å². The average Bonchev–Trinajstić information content (AvgIpc) is 2.79. The summed E-state index contributed by atoms with van der Waals surface area (Å²) in [5.74, 6) is -1.13. The van der Waals surface area contributed by atoms with Crippen molar-refractivity contribution in [3.05, 3.63) is 65.2 Å². The normalized spacial score (nSPS) is 10.7. The van der Waals surface area contributed by atoms with E-state index in [9.17, 15) is 14.7 Å². The number of nitrogens with one attached hydrogen (secondary N) is 1. The zero-order chi connectivity index (χ0) is 22.3. The van der Waals surface area contributed by atoms with Gasteiger partial charge in [-0.25, -0.2) is 4.79 Å². The third-order valence-electron chi connectivity index (χ3n) is 5.23. The molecule has 0 fully saturated rings. The van der Waals surface area contributed by atoms with Gasteiger partial charge >= 0.3 is 5.97 Å². The quantitative estimate of drug-likeness (QED) is 0.265. The fraction of sp³-hybridized carbons (Fsp3) is 0.462. The molecule has 0 aliphatic heterocycles. The number of ether oxygens (including phenoxy) is 1. The predicted octanol–water partition coefficient (Wildman–Crippen LogP) is 5.72. The van der Waals surface area contributed by atoms with Crippen LogP contribution in [0.25, 0.3) is 0 Å². The van der Waals surface area contributed by atoms with Gasteiger partial charge in [0.25, 0.3) is 0 Å². The Labute approximate surface area is 185 Å². The molecule has 0 saturated carbocycles. The second-order valence-electron chi connectivity index (χ2n) is 7.75. The van der Waals surface area contributed by atoms with Crippen LogP contribution in [0.3, 0.4) is 0 Å². The molecule has 0 spiro atoms. The molecule has 31 heavy (non-hydrogen) atoms. The number of carboxylic acid groups (broad SMARTS) is 1. The summed E-state index contributed by atoms with van der Waals surface area (Å²) in [7, 11) is 0. The third kappa shape index (κ3) is 8.54. The van der Waals surface area contributed by atoms with Crippen molar-refractivity contribution >= 4 is 11.8 Å². The van der Waals surface area contributed by atoms with Gasteiger partial charge < -0.3 is 15.2 Å². The number of aromatic carboxylic acids is 1. The highest BCUT2D eigenvalue weighted by molar-refractivity contribution is 6.15. The number of benzene rings is 2. The molecule has 0 saturated heterocycles. The summed E-state index contributed by atoms with van der Waals surface area (Å²) in [6.07, 6.45) is 9.31. The van der Waals surface area contributed by atoms with Gasteiger partial charge in [-0.15, -0.1) is 0 Å². The Balaban J connectivity index is 1.80. The van der Waals surface area contributed by atoms with E-state index in [1.807, 2.05) is 6.07 Å². The van der Waals surface area contributed by atoms with Crippen LogP contribution < -0.4 is 10.1 Å². The molecule has 0 unspecified atom stereocenters. The van der Waals surface area contributed by atoms with Crippen LogP contribution in [0.2, 0.25) is 0 Å². The molecule has 2 aromatic carbocycles. The van der Waals surface area contributed by atoms with Crippen LogP contribution in [0.5, 0.6) is 5.75 Å². The Morgan fingerprint density at radius 3 is 2.19 bits per heavy atom. The van der Waals surface area contributed by atoms with Crippen molar-refractivity contribution in [2.75, 3.05) is 19.7 Å². The number of unbranched alkanes of at least 4 members (excludes halogenated alkanes) is 6. The molecular formula is C26H35NO4. The second-order valence-corrected chi connectivity index (χ2v) is 7.75. The van der Waals surface area contributed by atoms with Gasteiger partial charge in [0.2, 0.25) is 0 Å². The van der Waals surface area contributed by atoms with Crippen molar-refractivity contribution in [3.63, 3.8) is 0 Å². The summed E-state index contributed by atoms with van der Waals surface area (Å²) in [5.41, 5.74) is 0.535. The Morgan fingerprint density at radius 2 is 1.52 bits per heavy atom. The lowest BCUT2D eigenvalue weighted by Crippen LogP contribution is -2.16. The van der Waals surface area contributed by atoms with E-state index in [4.69, 9.17) is 4.74 Å². The molecule has 0 atom stereocenters. The molecule has 0 bridgehead atoms. The van der Waals surface area contributed by atoms with Crippen LogP contribution in [0.1, 0.15) is 84.6 Å². The fourth-order valence-corrected chi connectivity index (χ4v) is 3.49. The minimum Gasteiger partial charge on any atom is -0.493 e. The molecule has 2 rings (SSSR count). The van der Waals surface area contributed by atoms with E-state index >= 15 is 0 Å². The van der Waals surface area contributed by atoms with Gasteiger partial charge in [0, 0.05) is 5.56 Å². The third-order valence-corrected chi connectivity index (χ3v) is 5.23. The maximum Gasteiger partial charge on any atom is 0.336 e. The first-order chi connectivity index (χ1) is 15.1. The molecular weight excluding hydrogens is 390 g/mol. The van der Waals surface area contributed by atoms with E-state index in [1.165, 1.54) is 31.7 Å². The smallest absolute Gasteiger partial charge is 0.336 e. The van der Waals surface area contributed by atoms with Gasteiger partial charge in [-0.1, -0.05) is 75.4 Å². The van der Waals surface area contributed by atoms with Crippen molar-refractivity contribution < 1.29 is 19.4 Å². The van der Waals surface area contributed by atoms with Crippen molar-refractivity contribution in [2.45, 2.75) is 58.3 Å². The molecule has 0 aliphatic carbocycles. The summed E-state index contributed by atoms with van der Waals surface area (Å²) < 4.78 is 5.85. The molecule has 5 heteroatoms. The van der Waals surface area contributed by atoms with Gasteiger partial charge in [0.15, 0.2) is 5.78 Å². The van der Waals surface area contributed by atoms with E-state index in [1.54, 1.807) is 36.4 Å². The van der Waals surface area contributed by atoms with Gasteiger partial charge in [-0.2, -0.15) is 0 Å². The molecule has 0 aromatic heterocycles. The Morgan fingerprint density at radius 1 is 0.839 bits per heavy atom. The highest BCUT2D eigenvalue weighted by Gasteiger charge is 2.22. The molecule has 168 valence electrons. The standard InChI is InChI=1S/C26H35NO4/c1-2-3-4-10-18-27-19-11-5-6-12-20-31-23-17-13-16-22(26(29)30)24(23)25(28)21-14-8-7-9-15-21/h7-9,13-17,27H,2-6,10-12,18-20H2,1H3,(H,29,30). The fourth-order valence-electron chi connectivity index (χ4n) is 3.49. The zero-order valence-corrected chi connectivity index (χ0v) is 18.6. The van der Waals surface area contributed by atoms with E-state index in [2.05, 4.69) is 12.2 Å². The summed E-state index contributed by atoms with van der Waals surface area (Å²) in [4.78, 5) is 24.6. The summed E-state index contributed by atoms with van der Waals surface area (Å²) >= 11 is 0. The highest BCUT2D eigenvalue weighted by atomic mass is 16.5. The van der Waals surface area contributed by atoms with Gasteiger partial charge in [0.05, 0.1) is 17.7 Å². The summed E-state index contributed by atoms with van der Waals surface area (Å²) in [6, 6.07) is 13.4. The lowest BCUT2D eigenvalue weighted by atomic mass is 9.97. The minimum atomic E-state index is -1.13. The van der Waals surface area contributed by atoms with E-state index in [0.29, 0.717) is 17.9 Å². The molecule has 2 aromatic rings. The Kier molecular flexibility index (Phi) is 11.4. The Hall–Kier alpha value is -2.66. The van der Waals surface area contributed by atoms with E-state index in [-0.39, 0.29) is 16.9 Å². The molecule has 5 nitrogen and oxygen atoms in total. The van der Waals surface area contributed by atoms with Gasteiger partial charge in [-0.3, -0.25) is 4.79 Å². The number of carbonyl (C=O) groups excluding carboxylic acids is 1. The average molecular weight is 426 g/mol. The van der Waals surface area contributed by atoms with Crippen LogP contribution >= 0.6 is 0 Å². The summed E-state index contributed by atoms with van der Waals surface area (Å²) in [6.45, 7) is 4.83. The molecule has 0 amide bonds. The van der Waals surface area contributed by atoms with Crippen LogP contribution in [0.4, 0.5) is 0 Å². The molecule has 0 heterocycles. The molecule has 2 N–H and O–H groups in total. The van der Waals surface area contributed by atoms with Gasteiger partial charge in [0.1, 0.15) is 5.75 Å². The number of rotatable bonds is 16. The lowest BCUT2D eigenvalue weighted by molar-refractivity contribution is 0.0692. The van der Waals surface area contributed by atoms with Crippen LogP contribution in [-0.4, -0.2) is 36.6 Å². The first-order valence-corrected chi connectivity index (χ1v) is 11.4. The van der Waals surface area contributed by atoms with Crippen molar-refractivity contribution in [2.24, 2.45) is 0 Å². The number of hydrogen-bond donors (Lipinski definition) is 2. The summed E-state index contributed by atoms with van der Waals surface area (Å²) in [5, 5.41) is 13.0. The maximum absolute atomic E-state index is 13.0. The monoisotopic (exact) mass is 425 g/mol. The van der Waals surface area contributed by atoms with Crippen molar-refractivity contribution in [1.82, 2.24) is 5.32 Å². The Bertz CT molecular complexity index is 804. The second kappa shape index (κ2) is 14.4. The lowest BCUT2D eigenvalue weighted by Gasteiger charge is -2.13. The van der Waals surface area contributed by atoms with Gasteiger partial charge in [-0.05, 0) is 44.5 Å². The topological polar surface area (TPSA) is 75.6 Å². The first kappa shape index (κ1) is 24.6. The number of carbonyl (C=O) groups is 2. The number of hydrogen-bond acceptors (Lipinski definition) is 4. The largest absolute Gasteiger partial charge is 0.493 e. The van der Waals surface area contributed by atoms with Crippen molar-refractivity contribution in [3.8, 4) is 5.75 Å². The predicted molar refractivity (Wildman–Crippen MR) is 124 cm³/mol. The SMILES string of the molecule is CCCCCCNCCCCCCOc1cccc(C(=O)O)c1C(=O)c1ccccc1. The zero-order valence-electron chi connectivity index (χ0n) is 18.6. The maximum atomic E-state index is 13.0. The molecule has 0 aliphatic rings.